The van der Waals surface area contributed by atoms with Crippen molar-refractivity contribution >= 4 is 28.4 Å². The standard InChI is InChI=1S/C31H31N3O4/c1-20-15-27(35)25(19-33-11-13-34(14-12-33)22-7-5-4-6-8-22)31-29(20)30(36)28(38-31)16-21-18-32(2)26-10-9-23(37-3)17-24(21)26/h4-10,15-18,35H,11-14,19H2,1-3H3/b28-16+. The van der Waals surface area contributed by atoms with Crippen LogP contribution in [0.15, 0.2) is 66.6 Å². The Bertz CT molecular complexity index is 1560. The average Bonchev–Trinajstić information content (AvgIpc) is 3.43. The van der Waals surface area contributed by atoms with Crippen molar-refractivity contribution in [3.05, 3.63) is 88.8 Å². The van der Waals surface area contributed by atoms with Crippen molar-refractivity contribution < 1.29 is 19.4 Å². The van der Waals surface area contributed by atoms with E-state index in [9.17, 15) is 9.90 Å². The molecule has 0 atom stereocenters. The van der Waals surface area contributed by atoms with Crippen LogP contribution in [0, 0.1) is 6.92 Å². The number of hydrogen-bond donors (Lipinski definition) is 1. The number of carbonyl (C=O) groups is 1. The summed E-state index contributed by atoms with van der Waals surface area (Å²) >= 11 is 0. The van der Waals surface area contributed by atoms with Crippen molar-refractivity contribution in [2.45, 2.75) is 13.5 Å². The smallest absolute Gasteiger partial charge is 0.232 e. The van der Waals surface area contributed by atoms with Gasteiger partial charge in [-0.15, -0.1) is 0 Å². The number of anilines is 1. The average molecular weight is 510 g/mol. The lowest BCUT2D eigenvalue weighted by Gasteiger charge is -2.36. The maximum atomic E-state index is 13.5. The molecule has 0 radical (unpaired) electrons. The molecule has 4 aromatic rings. The lowest BCUT2D eigenvalue weighted by Crippen LogP contribution is -2.46. The number of para-hydroxylation sites is 1. The number of allylic oxidation sites excluding steroid dienone is 1. The Morgan fingerprint density at radius 2 is 1.82 bits per heavy atom. The number of benzene rings is 3. The van der Waals surface area contributed by atoms with Crippen molar-refractivity contribution in [3.8, 4) is 17.2 Å². The van der Waals surface area contributed by atoms with Gasteiger partial charge in [0.2, 0.25) is 5.78 Å². The van der Waals surface area contributed by atoms with Crippen molar-refractivity contribution in [2.24, 2.45) is 7.05 Å². The first kappa shape index (κ1) is 24.1. The van der Waals surface area contributed by atoms with Gasteiger partial charge in [-0.2, -0.15) is 0 Å². The molecule has 7 nitrogen and oxygen atoms in total. The summed E-state index contributed by atoms with van der Waals surface area (Å²) in [6.45, 7) is 5.86. The highest BCUT2D eigenvalue weighted by Crippen LogP contribution is 2.43. The molecule has 1 aromatic heterocycles. The molecule has 6 rings (SSSR count). The summed E-state index contributed by atoms with van der Waals surface area (Å²) in [4.78, 5) is 18.2. The molecule has 194 valence electrons. The minimum Gasteiger partial charge on any atom is -0.507 e. The zero-order chi connectivity index (χ0) is 26.4. The van der Waals surface area contributed by atoms with E-state index in [1.54, 1.807) is 19.3 Å². The van der Waals surface area contributed by atoms with E-state index in [1.165, 1.54) is 5.69 Å². The molecule has 2 aliphatic rings. The second-order valence-electron chi connectivity index (χ2n) is 10.0. The van der Waals surface area contributed by atoms with Crippen molar-refractivity contribution in [3.63, 3.8) is 0 Å². The van der Waals surface area contributed by atoms with Gasteiger partial charge in [0.05, 0.1) is 18.2 Å². The molecule has 1 fully saturated rings. The second-order valence-corrected chi connectivity index (χ2v) is 10.0. The molecule has 7 heteroatoms. The van der Waals surface area contributed by atoms with Crippen LogP contribution in [0.2, 0.25) is 0 Å². The highest BCUT2D eigenvalue weighted by Gasteiger charge is 2.34. The Hall–Kier alpha value is -4.23. The van der Waals surface area contributed by atoms with Crippen LogP contribution in [0.3, 0.4) is 0 Å². The number of rotatable bonds is 5. The molecule has 0 bridgehead atoms. The van der Waals surface area contributed by atoms with Gasteiger partial charge in [0.1, 0.15) is 17.2 Å². The fourth-order valence-electron chi connectivity index (χ4n) is 5.54. The molecule has 0 spiro atoms. The number of methoxy groups -OCH3 is 1. The number of ketones is 1. The minimum atomic E-state index is -0.160. The van der Waals surface area contributed by atoms with Gasteiger partial charge in [0, 0.05) is 68.1 Å². The number of hydrogen-bond acceptors (Lipinski definition) is 6. The quantitative estimate of drug-likeness (QED) is 0.376. The van der Waals surface area contributed by atoms with Gasteiger partial charge < -0.3 is 24.0 Å². The third-order valence-corrected chi connectivity index (χ3v) is 7.61. The third-order valence-electron chi connectivity index (χ3n) is 7.61. The molecule has 3 heterocycles. The first-order valence-electron chi connectivity index (χ1n) is 12.9. The summed E-state index contributed by atoms with van der Waals surface area (Å²) in [5.41, 5.74) is 5.03. The summed E-state index contributed by atoms with van der Waals surface area (Å²) in [7, 11) is 3.61. The maximum Gasteiger partial charge on any atom is 0.232 e. The van der Waals surface area contributed by atoms with E-state index in [0.717, 1.165) is 48.4 Å². The second kappa shape index (κ2) is 9.58. The van der Waals surface area contributed by atoms with Crippen molar-refractivity contribution in [1.29, 1.82) is 0 Å². The predicted molar refractivity (Wildman–Crippen MR) is 149 cm³/mol. The van der Waals surface area contributed by atoms with Gasteiger partial charge in [-0.05, 0) is 55.0 Å². The molecule has 0 amide bonds. The number of aryl methyl sites for hydroxylation is 2. The number of carbonyl (C=O) groups excluding carboxylic acids is 1. The normalized spacial score (nSPS) is 16.8. The zero-order valence-corrected chi connectivity index (χ0v) is 21.9. The lowest BCUT2D eigenvalue weighted by atomic mass is 9.99. The summed E-state index contributed by atoms with van der Waals surface area (Å²) in [6, 6.07) is 18.0. The first-order chi connectivity index (χ1) is 18.4. The molecular formula is C31H31N3O4. The highest BCUT2D eigenvalue weighted by molar-refractivity contribution is 6.16. The van der Waals surface area contributed by atoms with E-state index in [-0.39, 0.29) is 17.3 Å². The summed E-state index contributed by atoms with van der Waals surface area (Å²) < 4.78 is 13.7. The van der Waals surface area contributed by atoms with Gasteiger partial charge in [-0.3, -0.25) is 9.69 Å². The largest absolute Gasteiger partial charge is 0.507 e. The zero-order valence-electron chi connectivity index (χ0n) is 21.9. The Labute approximate surface area is 222 Å². The number of phenolic OH excluding ortho intramolecular Hbond substituents is 1. The van der Waals surface area contributed by atoms with E-state index in [4.69, 9.17) is 9.47 Å². The van der Waals surface area contributed by atoms with Crippen molar-refractivity contribution in [2.75, 3.05) is 38.2 Å². The highest BCUT2D eigenvalue weighted by atomic mass is 16.5. The fourth-order valence-corrected chi connectivity index (χ4v) is 5.54. The van der Waals surface area contributed by atoms with Crippen LogP contribution in [0.1, 0.15) is 27.0 Å². The fraction of sp³-hybridized carbons (Fsp3) is 0.258. The number of nitrogens with zero attached hydrogens (tertiary/aromatic N) is 3. The van der Waals surface area contributed by atoms with Gasteiger partial charge in [0.25, 0.3) is 0 Å². The number of aromatic nitrogens is 1. The molecule has 3 aromatic carbocycles. The van der Waals surface area contributed by atoms with E-state index in [1.807, 2.05) is 49.0 Å². The number of fused-ring (bicyclic) bond motifs is 2. The van der Waals surface area contributed by atoms with Crippen LogP contribution in [0.25, 0.3) is 17.0 Å². The van der Waals surface area contributed by atoms with Crippen LogP contribution in [0.5, 0.6) is 17.2 Å². The summed E-state index contributed by atoms with van der Waals surface area (Å²) in [5, 5.41) is 11.9. The van der Waals surface area contributed by atoms with E-state index in [2.05, 4.69) is 34.1 Å². The summed E-state index contributed by atoms with van der Waals surface area (Å²) in [6.07, 6.45) is 3.77. The topological polar surface area (TPSA) is 67.2 Å². The molecule has 38 heavy (non-hydrogen) atoms. The molecular weight excluding hydrogens is 478 g/mol. The van der Waals surface area contributed by atoms with Crippen LogP contribution >= 0.6 is 0 Å². The Kier molecular flexibility index (Phi) is 6.08. The Balaban J connectivity index is 1.28. The number of ether oxygens (including phenoxy) is 2. The van der Waals surface area contributed by atoms with E-state index < -0.39 is 0 Å². The van der Waals surface area contributed by atoms with E-state index >= 15 is 0 Å². The van der Waals surface area contributed by atoms with Gasteiger partial charge in [-0.25, -0.2) is 0 Å². The van der Waals surface area contributed by atoms with Crippen LogP contribution in [-0.4, -0.2) is 53.6 Å². The van der Waals surface area contributed by atoms with Gasteiger partial charge >= 0.3 is 0 Å². The molecule has 0 unspecified atom stereocenters. The van der Waals surface area contributed by atoms with Gasteiger partial charge in [0.15, 0.2) is 5.76 Å². The lowest BCUT2D eigenvalue weighted by molar-refractivity contribution is 0.101. The van der Waals surface area contributed by atoms with Crippen molar-refractivity contribution in [1.82, 2.24) is 9.47 Å². The maximum absolute atomic E-state index is 13.5. The first-order valence-corrected chi connectivity index (χ1v) is 12.9. The minimum absolute atomic E-state index is 0.160. The third kappa shape index (κ3) is 4.19. The van der Waals surface area contributed by atoms with Crippen LogP contribution in [0.4, 0.5) is 5.69 Å². The SMILES string of the molecule is COc1ccc2c(c1)c(/C=C1/Oc3c(CN4CCN(c5ccccc5)CC4)c(O)cc(C)c3C1=O)cn2C. The monoisotopic (exact) mass is 509 g/mol. The Morgan fingerprint density at radius 3 is 2.55 bits per heavy atom. The molecule has 0 aliphatic carbocycles. The Morgan fingerprint density at radius 1 is 1.05 bits per heavy atom. The van der Waals surface area contributed by atoms with E-state index in [0.29, 0.717) is 29.0 Å². The van der Waals surface area contributed by atoms with Gasteiger partial charge in [-0.1, -0.05) is 18.2 Å². The number of piperazine rings is 1. The molecule has 2 aliphatic heterocycles. The van der Waals surface area contributed by atoms with Crippen LogP contribution in [-0.2, 0) is 13.6 Å². The number of aromatic hydroxyl groups is 1. The molecule has 1 N–H and O–H groups in total. The predicted octanol–water partition coefficient (Wildman–Crippen LogP) is 5.14. The molecule has 0 saturated carbocycles. The summed E-state index contributed by atoms with van der Waals surface area (Å²) in [5.74, 6) is 1.49. The number of phenols is 1. The van der Waals surface area contributed by atoms with Crippen LogP contribution < -0.4 is 14.4 Å². The molecule has 1 saturated heterocycles. The number of Topliss-reactive ketones (excluding diaryl/α,β-unsaturated/α-hetero) is 1.